The van der Waals surface area contributed by atoms with Crippen LogP contribution in [0.3, 0.4) is 0 Å². The zero-order valence-corrected chi connectivity index (χ0v) is 11.0. The van der Waals surface area contributed by atoms with Crippen LogP contribution in [0.5, 0.6) is 0 Å². The predicted molar refractivity (Wildman–Crippen MR) is 70.9 cm³/mol. The van der Waals surface area contributed by atoms with E-state index in [0.717, 1.165) is 15.7 Å². The van der Waals surface area contributed by atoms with Gasteiger partial charge in [0.1, 0.15) is 5.82 Å². The summed E-state index contributed by atoms with van der Waals surface area (Å²) in [5.41, 5.74) is 7.50. The SMILES string of the molecule is NC(CC(=O)O)c1ncc(-c2ccccc2Br)[nH]1. The summed E-state index contributed by atoms with van der Waals surface area (Å²) in [6.45, 7) is 0. The molecule has 18 heavy (non-hydrogen) atoms. The molecule has 1 atom stereocenters. The Hall–Kier alpha value is -1.66. The lowest BCUT2D eigenvalue weighted by Gasteiger charge is -2.05. The van der Waals surface area contributed by atoms with E-state index < -0.39 is 12.0 Å². The first kappa shape index (κ1) is 12.8. The Kier molecular flexibility index (Phi) is 3.78. The van der Waals surface area contributed by atoms with Crippen molar-refractivity contribution >= 4 is 21.9 Å². The number of hydrogen-bond acceptors (Lipinski definition) is 3. The summed E-state index contributed by atoms with van der Waals surface area (Å²) in [5, 5.41) is 8.68. The molecular formula is C12H12BrN3O2. The summed E-state index contributed by atoms with van der Waals surface area (Å²) in [6.07, 6.45) is 1.50. The van der Waals surface area contributed by atoms with E-state index in [2.05, 4.69) is 25.9 Å². The molecule has 2 aromatic rings. The van der Waals surface area contributed by atoms with Crippen molar-refractivity contribution in [2.45, 2.75) is 12.5 Å². The molecule has 0 amide bonds. The number of aromatic nitrogens is 2. The number of benzene rings is 1. The number of nitrogens with one attached hydrogen (secondary N) is 1. The zero-order chi connectivity index (χ0) is 13.1. The van der Waals surface area contributed by atoms with Crippen LogP contribution in [-0.4, -0.2) is 21.0 Å². The monoisotopic (exact) mass is 309 g/mol. The Bertz CT molecular complexity index is 568. The molecule has 0 saturated heterocycles. The summed E-state index contributed by atoms with van der Waals surface area (Å²) >= 11 is 3.45. The van der Waals surface area contributed by atoms with Crippen LogP contribution < -0.4 is 5.73 Å². The van der Waals surface area contributed by atoms with Gasteiger partial charge in [0.15, 0.2) is 0 Å². The fourth-order valence-corrected chi connectivity index (χ4v) is 2.12. The fraction of sp³-hybridized carbons (Fsp3) is 0.167. The number of carbonyl (C=O) groups is 1. The number of aromatic amines is 1. The number of hydrogen-bond donors (Lipinski definition) is 3. The van der Waals surface area contributed by atoms with Crippen LogP contribution in [0.4, 0.5) is 0 Å². The van der Waals surface area contributed by atoms with Gasteiger partial charge in [-0.2, -0.15) is 0 Å². The predicted octanol–water partition coefficient (Wildman–Crippen LogP) is 2.31. The zero-order valence-electron chi connectivity index (χ0n) is 9.43. The van der Waals surface area contributed by atoms with Crippen molar-refractivity contribution in [3.63, 3.8) is 0 Å². The normalized spacial score (nSPS) is 12.3. The molecule has 1 heterocycles. The maximum absolute atomic E-state index is 10.6. The Morgan fingerprint density at radius 1 is 1.50 bits per heavy atom. The molecule has 0 spiro atoms. The summed E-state index contributed by atoms with van der Waals surface area (Å²) in [4.78, 5) is 17.8. The first-order valence-corrected chi connectivity index (χ1v) is 6.14. The Balaban J connectivity index is 2.26. The van der Waals surface area contributed by atoms with Gasteiger partial charge in [-0.25, -0.2) is 4.98 Å². The molecular weight excluding hydrogens is 298 g/mol. The van der Waals surface area contributed by atoms with Crippen molar-refractivity contribution in [2.75, 3.05) is 0 Å². The van der Waals surface area contributed by atoms with Crippen LogP contribution in [0.1, 0.15) is 18.3 Å². The van der Waals surface area contributed by atoms with E-state index in [0.29, 0.717) is 5.82 Å². The Morgan fingerprint density at radius 3 is 2.89 bits per heavy atom. The average Bonchev–Trinajstić information content (AvgIpc) is 2.78. The number of nitrogens with zero attached hydrogens (tertiary/aromatic N) is 1. The average molecular weight is 310 g/mol. The molecule has 94 valence electrons. The maximum Gasteiger partial charge on any atom is 0.305 e. The quantitative estimate of drug-likeness (QED) is 0.808. The van der Waals surface area contributed by atoms with Crippen molar-refractivity contribution in [3.05, 3.63) is 40.8 Å². The Labute approximate surface area is 112 Å². The molecule has 1 aromatic heterocycles. The lowest BCUT2D eigenvalue weighted by atomic mass is 10.2. The van der Waals surface area contributed by atoms with Gasteiger partial charge >= 0.3 is 5.97 Å². The molecule has 0 fully saturated rings. The van der Waals surface area contributed by atoms with Gasteiger partial charge in [-0.05, 0) is 6.07 Å². The first-order valence-electron chi connectivity index (χ1n) is 5.35. The molecule has 5 nitrogen and oxygen atoms in total. The smallest absolute Gasteiger partial charge is 0.305 e. The molecule has 1 unspecified atom stereocenters. The molecule has 2 rings (SSSR count). The van der Waals surface area contributed by atoms with Crippen LogP contribution >= 0.6 is 15.9 Å². The summed E-state index contributed by atoms with van der Waals surface area (Å²) in [7, 11) is 0. The number of halogens is 1. The van der Waals surface area contributed by atoms with E-state index in [1.165, 1.54) is 0 Å². The third kappa shape index (κ3) is 2.77. The molecule has 6 heteroatoms. The van der Waals surface area contributed by atoms with Gasteiger partial charge in [-0.15, -0.1) is 0 Å². The number of H-pyrrole nitrogens is 1. The number of carboxylic acids is 1. The number of aliphatic carboxylic acids is 1. The van der Waals surface area contributed by atoms with Gasteiger partial charge in [0.2, 0.25) is 0 Å². The van der Waals surface area contributed by atoms with Crippen LogP contribution in [0.25, 0.3) is 11.3 Å². The lowest BCUT2D eigenvalue weighted by molar-refractivity contribution is -0.137. The Morgan fingerprint density at radius 2 is 2.22 bits per heavy atom. The van der Waals surface area contributed by atoms with Gasteiger partial charge in [0.25, 0.3) is 0 Å². The molecule has 0 radical (unpaired) electrons. The highest BCUT2D eigenvalue weighted by Gasteiger charge is 2.15. The molecule has 0 bridgehead atoms. The topological polar surface area (TPSA) is 92.0 Å². The van der Waals surface area contributed by atoms with E-state index in [1.807, 2.05) is 24.3 Å². The van der Waals surface area contributed by atoms with Crippen molar-refractivity contribution in [1.29, 1.82) is 0 Å². The third-order valence-corrected chi connectivity index (χ3v) is 3.20. The van der Waals surface area contributed by atoms with Gasteiger partial charge in [0.05, 0.1) is 24.4 Å². The second-order valence-electron chi connectivity index (χ2n) is 3.87. The van der Waals surface area contributed by atoms with Gasteiger partial charge in [0, 0.05) is 10.0 Å². The minimum Gasteiger partial charge on any atom is -0.481 e. The summed E-state index contributed by atoms with van der Waals surface area (Å²) in [6, 6.07) is 7.06. The molecule has 4 N–H and O–H groups in total. The minimum atomic E-state index is -0.943. The number of imidazole rings is 1. The molecule has 0 aliphatic carbocycles. The van der Waals surface area contributed by atoms with Crippen LogP contribution in [0.2, 0.25) is 0 Å². The largest absolute Gasteiger partial charge is 0.481 e. The highest BCUT2D eigenvalue weighted by molar-refractivity contribution is 9.10. The van der Waals surface area contributed by atoms with E-state index in [-0.39, 0.29) is 6.42 Å². The van der Waals surface area contributed by atoms with Crippen LogP contribution in [0.15, 0.2) is 34.9 Å². The number of rotatable bonds is 4. The molecule has 0 saturated carbocycles. The highest BCUT2D eigenvalue weighted by Crippen LogP contribution is 2.27. The summed E-state index contributed by atoms with van der Waals surface area (Å²) in [5.74, 6) is -0.468. The second-order valence-corrected chi connectivity index (χ2v) is 4.72. The minimum absolute atomic E-state index is 0.150. The van der Waals surface area contributed by atoms with Crippen molar-refractivity contribution < 1.29 is 9.90 Å². The first-order chi connectivity index (χ1) is 8.58. The standard InChI is InChI=1S/C12H12BrN3O2/c13-8-4-2-1-3-7(8)10-6-15-12(16-10)9(14)5-11(17)18/h1-4,6,9H,5,14H2,(H,15,16)(H,17,18). The van der Waals surface area contributed by atoms with E-state index in [4.69, 9.17) is 10.8 Å². The number of nitrogens with two attached hydrogens (primary N) is 1. The highest BCUT2D eigenvalue weighted by atomic mass is 79.9. The van der Waals surface area contributed by atoms with Gasteiger partial charge in [-0.1, -0.05) is 34.1 Å². The fourth-order valence-electron chi connectivity index (χ4n) is 1.63. The van der Waals surface area contributed by atoms with E-state index in [1.54, 1.807) is 6.20 Å². The van der Waals surface area contributed by atoms with E-state index >= 15 is 0 Å². The number of carboxylic acid groups (broad SMARTS) is 1. The molecule has 0 aliphatic heterocycles. The van der Waals surface area contributed by atoms with Crippen LogP contribution in [-0.2, 0) is 4.79 Å². The summed E-state index contributed by atoms with van der Waals surface area (Å²) < 4.78 is 0.937. The third-order valence-electron chi connectivity index (χ3n) is 2.51. The van der Waals surface area contributed by atoms with Gasteiger partial charge in [-0.3, -0.25) is 4.79 Å². The van der Waals surface area contributed by atoms with Crippen molar-refractivity contribution in [2.24, 2.45) is 5.73 Å². The van der Waals surface area contributed by atoms with Crippen LogP contribution in [0, 0.1) is 0 Å². The molecule has 0 aliphatic rings. The molecule has 1 aromatic carbocycles. The van der Waals surface area contributed by atoms with E-state index in [9.17, 15) is 4.79 Å². The lowest BCUT2D eigenvalue weighted by Crippen LogP contribution is -2.16. The maximum atomic E-state index is 10.6. The van der Waals surface area contributed by atoms with Crippen molar-refractivity contribution in [1.82, 2.24) is 9.97 Å². The second kappa shape index (κ2) is 5.32. The van der Waals surface area contributed by atoms with Crippen molar-refractivity contribution in [3.8, 4) is 11.3 Å². The van der Waals surface area contributed by atoms with Gasteiger partial charge < -0.3 is 15.8 Å².